The lowest BCUT2D eigenvalue weighted by molar-refractivity contribution is -0.183. The van der Waals surface area contributed by atoms with E-state index in [2.05, 4.69) is 5.32 Å². The van der Waals surface area contributed by atoms with Crippen LogP contribution in [0.25, 0.3) is 0 Å². The van der Waals surface area contributed by atoms with Crippen molar-refractivity contribution in [2.75, 3.05) is 19.8 Å². The lowest BCUT2D eigenvalue weighted by Crippen LogP contribution is -2.40. The SMILES string of the molecule is FC(F)(F)C1CCCC(NCCOCC2CC2)C1. The predicted molar refractivity (Wildman–Crippen MR) is 63.3 cm³/mol. The number of halogens is 3. The predicted octanol–water partition coefficient (Wildman–Crippen LogP) is 3.12. The minimum atomic E-state index is -4.02. The third kappa shape index (κ3) is 4.76. The van der Waals surface area contributed by atoms with Gasteiger partial charge in [-0.15, -0.1) is 0 Å². The highest BCUT2D eigenvalue weighted by Gasteiger charge is 2.41. The molecule has 0 spiro atoms. The Hall–Kier alpha value is -0.290. The van der Waals surface area contributed by atoms with Crippen molar-refractivity contribution < 1.29 is 17.9 Å². The summed E-state index contributed by atoms with van der Waals surface area (Å²) in [6.07, 6.45) is 0.557. The smallest absolute Gasteiger partial charge is 0.380 e. The van der Waals surface area contributed by atoms with Crippen LogP contribution >= 0.6 is 0 Å². The number of alkyl halides is 3. The molecule has 18 heavy (non-hydrogen) atoms. The summed E-state index contributed by atoms with van der Waals surface area (Å²) in [7, 11) is 0. The van der Waals surface area contributed by atoms with Gasteiger partial charge in [0.1, 0.15) is 0 Å². The third-order valence-electron chi connectivity index (χ3n) is 3.87. The molecule has 0 aliphatic heterocycles. The fourth-order valence-corrected chi connectivity index (χ4v) is 2.54. The molecule has 2 saturated carbocycles. The summed E-state index contributed by atoms with van der Waals surface area (Å²) in [5, 5.41) is 3.19. The first kappa shape index (κ1) is 14.1. The number of nitrogens with one attached hydrogen (secondary N) is 1. The maximum absolute atomic E-state index is 12.6. The number of rotatable bonds is 6. The van der Waals surface area contributed by atoms with Crippen molar-refractivity contribution >= 4 is 0 Å². The Morgan fingerprint density at radius 2 is 1.89 bits per heavy atom. The van der Waals surface area contributed by atoms with E-state index in [4.69, 9.17) is 4.74 Å². The van der Waals surface area contributed by atoms with E-state index in [-0.39, 0.29) is 12.5 Å². The first-order chi connectivity index (χ1) is 8.55. The van der Waals surface area contributed by atoms with Crippen LogP contribution in [0.4, 0.5) is 13.2 Å². The zero-order valence-corrected chi connectivity index (χ0v) is 10.6. The van der Waals surface area contributed by atoms with Crippen LogP contribution < -0.4 is 5.32 Å². The highest BCUT2D eigenvalue weighted by atomic mass is 19.4. The van der Waals surface area contributed by atoms with Crippen LogP contribution in [-0.4, -0.2) is 32.0 Å². The Morgan fingerprint density at radius 1 is 1.11 bits per heavy atom. The Balaban J connectivity index is 1.57. The van der Waals surface area contributed by atoms with Crippen molar-refractivity contribution in [1.29, 1.82) is 0 Å². The highest BCUT2D eigenvalue weighted by molar-refractivity contribution is 4.81. The second-order valence-electron chi connectivity index (χ2n) is 5.57. The molecule has 0 bridgehead atoms. The van der Waals surface area contributed by atoms with Gasteiger partial charge in [-0.05, 0) is 38.0 Å². The van der Waals surface area contributed by atoms with Gasteiger partial charge in [0, 0.05) is 19.2 Å². The lowest BCUT2D eigenvalue weighted by Gasteiger charge is -2.31. The first-order valence-corrected chi connectivity index (χ1v) is 6.93. The maximum Gasteiger partial charge on any atom is 0.391 e. The molecular formula is C13H22F3NO. The van der Waals surface area contributed by atoms with Crippen molar-refractivity contribution in [2.45, 2.75) is 50.7 Å². The van der Waals surface area contributed by atoms with Gasteiger partial charge in [-0.25, -0.2) is 0 Å². The van der Waals surface area contributed by atoms with Gasteiger partial charge < -0.3 is 10.1 Å². The van der Waals surface area contributed by atoms with Crippen molar-refractivity contribution in [3.05, 3.63) is 0 Å². The summed E-state index contributed by atoms with van der Waals surface area (Å²) in [6, 6.07) is 0.00917. The minimum absolute atomic E-state index is 0.00917. The number of hydrogen-bond donors (Lipinski definition) is 1. The van der Waals surface area contributed by atoms with E-state index in [1.54, 1.807) is 0 Å². The highest BCUT2D eigenvalue weighted by Crippen LogP contribution is 2.37. The van der Waals surface area contributed by atoms with Crippen LogP contribution in [0.1, 0.15) is 38.5 Å². The molecule has 0 saturated heterocycles. The van der Waals surface area contributed by atoms with Gasteiger partial charge in [0.15, 0.2) is 0 Å². The number of hydrogen-bond acceptors (Lipinski definition) is 2. The molecule has 2 fully saturated rings. The molecule has 0 radical (unpaired) electrons. The molecule has 2 unspecified atom stereocenters. The Morgan fingerprint density at radius 3 is 2.56 bits per heavy atom. The second-order valence-corrected chi connectivity index (χ2v) is 5.57. The summed E-state index contributed by atoms with van der Waals surface area (Å²) < 4.78 is 43.3. The Kier molecular flexibility index (Phi) is 4.90. The van der Waals surface area contributed by atoms with Gasteiger partial charge in [-0.3, -0.25) is 0 Å². The molecule has 0 aromatic rings. The van der Waals surface area contributed by atoms with Gasteiger partial charge >= 0.3 is 6.18 Å². The third-order valence-corrected chi connectivity index (χ3v) is 3.87. The maximum atomic E-state index is 12.6. The van der Waals surface area contributed by atoms with E-state index in [1.165, 1.54) is 12.8 Å². The molecule has 2 atom stereocenters. The minimum Gasteiger partial charge on any atom is -0.380 e. The van der Waals surface area contributed by atoms with E-state index < -0.39 is 12.1 Å². The molecule has 5 heteroatoms. The quantitative estimate of drug-likeness (QED) is 0.745. The fraction of sp³-hybridized carbons (Fsp3) is 1.00. The molecule has 2 rings (SSSR count). The molecule has 2 nitrogen and oxygen atoms in total. The van der Waals surface area contributed by atoms with Gasteiger partial charge in [0.25, 0.3) is 0 Å². The van der Waals surface area contributed by atoms with Gasteiger partial charge in [-0.1, -0.05) is 6.42 Å². The lowest BCUT2D eigenvalue weighted by atomic mass is 9.85. The van der Waals surface area contributed by atoms with Crippen LogP contribution in [0.2, 0.25) is 0 Å². The second kappa shape index (κ2) is 6.24. The van der Waals surface area contributed by atoms with E-state index in [0.717, 1.165) is 18.9 Å². The molecule has 0 aromatic carbocycles. The summed E-state index contributed by atoms with van der Waals surface area (Å²) >= 11 is 0. The zero-order chi connectivity index (χ0) is 13.0. The normalized spacial score (nSPS) is 29.5. The summed E-state index contributed by atoms with van der Waals surface area (Å²) in [6.45, 7) is 2.10. The largest absolute Gasteiger partial charge is 0.391 e. The summed E-state index contributed by atoms with van der Waals surface area (Å²) in [5.41, 5.74) is 0. The van der Waals surface area contributed by atoms with E-state index in [0.29, 0.717) is 26.0 Å². The average molecular weight is 265 g/mol. The monoisotopic (exact) mass is 265 g/mol. The number of ether oxygens (including phenoxy) is 1. The molecule has 1 N–H and O–H groups in total. The van der Waals surface area contributed by atoms with Crippen LogP contribution in [-0.2, 0) is 4.74 Å². The molecule has 2 aliphatic rings. The summed E-state index contributed by atoms with van der Waals surface area (Å²) in [4.78, 5) is 0. The van der Waals surface area contributed by atoms with Gasteiger partial charge in [0.05, 0.1) is 12.5 Å². The van der Waals surface area contributed by atoms with Crippen LogP contribution in [0, 0.1) is 11.8 Å². The Labute approximate surface area is 106 Å². The van der Waals surface area contributed by atoms with Gasteiger partial charge in [-0.2, -0.15) is 13.2 Å². The Bertz CT molecular complexity index is 253. The van der Waals surface area contributed by atoms with Crippen molar-refractivity contribution in [2.24, 2.45) is 11.8 Å². The van der Waals surface area contributed by atoms with Crippen molar-refractivity contribution in [3.63, 3.8) is 0 Å². The zero-order valence-electron chi connectivity index (χ0n) is 10.6. The molecule has 0 aromatic heterocycles. The molecule has 0 heterocycles. The van der Waals surface area contributed by atoms with E-state index in [1.807, 2.05) is 0 Å². The van der Waals surface area contributed by atoms with Crippen LogP contribution in [0.5, 0.6) is 0 Å². The molecular weight excluding hydrogens is 243 g/mol. The first-order valence-electron chi connectivity index (χ1n) is 6.93. The summed E-state index contributed by atoms with van der Waals surface area (Å²) in [5.74, 6) is -0.370. The topological polar surface area (TPSA) is 21.3 Å². The molecule has 2 aliphatic carbocycles. The van der Waals surface area contributed by atoms with Crippen molar-refractivity contribution in [3.8, 4) is 0 Å². The van der Waals surface area contributed by atoms with E-state index in [9.17, 15) is 13.2 Å². The molecule has 106 valence electrons. The van der Waals surface area contributed by atoms with E-state index >= 15 is 0 Å². The van der Waals surface area contributed by atoms with Crippen LogP contribution in [0.15, 0.2) is 0 Å². The fourth-order valence-electron chi connectivity index (χ4n) is 2.54. The van der Waals surface area contributed by atoms with Crippen LogP contribution in [0.3, 0.4) is 0 Å². The van der Waals surface area contributed by atoms with Gasteiger partial charge in [0.2, 0.25) is 0 Å². The van der Waals surface area contributed by atoms with Crippen molar-refractivity contribution in [1.82, 2.24) is 5.32 Å². The molecule has 0 amide bonds. The standard InChI is InChI=1S/C13H22F3NO/c14-13(15,16)11-2-1-3-12(8-11)17-6-7-18-9-10-4-5-10/h10-12,17H,1-9H2. The average Bonchev–Trinajstić information content (AvgIpc) is 3.12.